The normalized spacial score (nSPS) is 18.5. The second-order valence-corrected chi connectivity index (χ2v) is 16.4. The van der Waals surface area contributed by atoms with Gasteiger partial charge in [-0.15, -0.1) is 0 Å². The van der Waals surface area contributed by atoms with Crippen molar-refractivity contribution < 1.29 is 32.8 Å². The zero-order valence-corrected chi connectivity index (χ0v) is 36.3. The molecule has 0 saturated carbocycles. The van der Waals surface area contributed by atoms with E-state index in [2.05, 4.69) is 55.7 Å². The summed E-state index contributed by atoms with van der Waals surface area (Å²) in [4.78, 5) is 29.8. The highest BCUT2D eigenvalue weighted by Crippen LogP contribution is 2.53. The number of aromatic nitrogens is 2. The van der Waals surface area contributed by atoms with Crippen LogP contribution in [0.1, 0.15) is 90.1 Å². The van der Waals surface area contributed by atoms with Crippen molar-refractivity contribution in [3.63, 3.8) is 0 Å². The lowest BCUT2D eigenvalue weighted by atomic mass is 9.80. The predicted octanol–water partition coefficient (Wildman–Crippen LogP) is 8.59. The first-order valence-corrected chi connectivity index (χ1v) is 21.4. The summed E-state index contributed by atoms with van der Waals surface area (Å²) in [6, 6.07) is 29.5. The first-order chi connectivity index (χ1) is 28.5. The molecule has 59 heavy (non-hydrogen) atoms. The van der Waals surface area contributed by atoms with Gasteiger partial charge in [-0.25, -0.2) is 9.46 Å². The lowest BCUT2D eigenvalue weighted by Crippen LogP contribution is -2.41. The fourth-order valence-corrected chi connectivity index (χ4v) is 9.44. The Bertz CT molecular complexity index is 1970. The largest absolute Gasteiger partial charge is 0.497 e. The molecule has 1 aliphatic rings. The molecule has 1 saturated heterocycles. The van der Waals surface area contributed by atoms with Gasteiger partial charge in [-0.05, 0) is 81.1 Å². The van der Waals surface area contributed by atoms with Crippen LogP contribution in [0.4, 0.5) is 5.82 Å². The second kappa shape index (κ2) is 21.5. The van der Waals surface area contributed by atoms with Crippen LogP contribution in [-0.2, 0) is 28.9 Å². The van der Waals surface area contributed by atoms with Crippen molar-refractivity contribution in [2.45, 2.75) is 103 Å². The van der Waals surface area contributed by atoms with Crippen LogP contribution in [0.15, 0.2) is 95.9 Å². The van der Waals surface area contributed by atoms with Gasteiger partial charge in [0.05, 0.1) is 39.9 Å². The molecular weight excluding hydrogens is 769 g/mol. The molecule has 1 fully saturated rings. The number of anilines is 1. The van der Waals surface area contributed by atoms with Crippen molar-refractivity contribution in [1.29, 1.82) is 5.26 Å². The third-order valence-corrected chi connectivity index (χ3v) is 12.4. The highest BCUT2D eigenvalue weighted by Gasteiger charge is 2.50. The average Bonchev–Trinajstić information content (AvgIpc) is 3.56. The molecule has 13 nitrogen and oxygen atoms in total. The highest BCUT2D eigenvalue weighted by molar-refractivity contribution is 7.44. The number of hydrogen-bond acceptors (Lipinski definition) is 11. The summed E-state index contributed by atoms with van der Waals surface area (Å²) in [6.45, 7) is 12.1. The summed E-state index contributed by atoms with van der Waals surface area (Å²) in [5, 5.41) is 12.1. The van der Waals surface area contributed by atoms with Gasteiger partial charge in [0, 0.05) is 31.1 Å². The van der Waals surface area contributed by atoms with Crippen LogP contribution in [-0.4, -0.2) is 71.9 Å². The Balaban J connectivity index is 1.67. The highest BCUT2D eigenvalue weighted by atomic mass is 31.2. The number of carbonyl (C=O) groups excluding carboxylic acids is 1. The van der Waals surface area contributed by atoms with Gasteiger partial charge in [0.15, 0.2) is 0 Å². The number of nitrogens with zero attached hydrogens (tertiary/aromatic N) is 4. The molecular formula is C45H58N5O8P. The van der Waals surface area contributed by atoms with Crippen molar-refractivity contribution in [1.82, 2.24) is 14.2 Å². The van der Waals surface area contributed by atoms with E-state index in [1.165, 1.54) is 11.5 Å². The maximum Gasteiger partial charge on any atom is 0.351 e. The van der Waals surface area contributed by atoms with Crippen LogP contribution in [0.5, 0.6) is 11.5 Å². The number of rotatable bonds is 21. The van der Waals surface area contributed by atoms with E-state index in [-0.39, 0.29) is 49.4 Å². The Morgan fingerprint density at radius 1 is 0.949 bits per heavy atom. The van der Waals surface area contributed by atoms with Gasteiger partial charge in [0.1, 0.15) is 41.4 Å². The van der Waals surface area contributed by atoms with E-state index < -0.39 is 38.3 Å². The van der Waals surface area contributed by atoms with E-state index in [0.717, 1.165) is 29.5 Å². The summed E-state index contributed by atoms with van der Waals surface area (Å²) in [7, 11) is 1.55. The van der Waals surface area contributed by atoms with Crippen molar-refractivity contribution in [3.8, 4) is 17.6 Å². The first kappa shape index (κ1) is 45.4. The summed E-state index contributed by atoms with van der Waals surface area (Å²) in [6.07, 6.45) is 2.07. The molecule has 0 aliphatic carbocycles. The van der Waals surface area contributed by atoms with Crippen LogP contribution in [0, 0.1) is 17.2 Å². The predicted molar refractivity (Wildman–Crippen MR) is 228 cm³/mol. The molecule has 1 aromatic heterocycles. The quantitative estimate of drug-likeness (QED) is 0.0490. The minimum atomic E-state index is -1.72. The smallest absolute Gasteiger partial charge is 0.351 e. The second-order valence-electron chi connectivity index (χ2n) is 15.0. The Morgan fingerprint density at radius 3 is 2.05 bits per heavy atom. The van der Waals surface area contributed by atoms with Gasteiger partial charge in [0.2, 0.25) is 5.91 Å². The van der Waals surface area contributed by atoms with Crippen LogP contribution in [0.25, 0.3) is 0 Å². The number of carbonyl (C=O) groups is 1. The van der Waals surface area contributed by atoms with E-state index in [0.29, 0.717) is 17.9 Å². The monoisotopic (exact) mass is 827 g/mol. The van der Waals surface area contributed by atoms with E-state index in [9.17, 15) is 14.9 Å². The molecule has 1 amide bonds. The minimum Gasteiger partial charge on any atom is -0.497 e. The maximum atomic E-state index is 13.8. The summed E-state index contributed by atoms with van der Waals surface area (Å²) in [5.41, 5.74) is 0.861. The van der Waals surface area contributed by atoms with Crippen LogP contribution in [0.3, 0.4) is 0 Å². The molecule has 1 unspecified atom stereocenters. The SMILES string of the molecule is CCCC[C@@H]1[C@H](OP(OCCC#N)N(C(C)C)C(C)C)[C@@H](COC(c2ccccc2)(c2ccc(OC)cc2)c2ccc(OC)cc2)O[C@H]1n1ccc(NC(C)=O)nc1=O. The maximum absolute atomic E-state index is 13.8. The van der Waals surface area contributed by atoms with Gasteiger partial charge in [-0.1, -0.05) is 74.4 Å². The number of methoxy groups -OCH3 is 2. The van der Waals surface area contributed by atoms with E-state index in [1.54, 1.807) is 26.5 Å². The van der Waals surface area contributed by atoms with Crippen molar-refractivity contribution in [2.75, 3.05) is 32.8 Å². The summed E-state index contributed by atoms with van der Waals surface area (Å²) in [5.74, 6) is 0.882. The van der Waals surface area contributed by atoms with Crippen LogP contribution >= 0.6 is 8.53 Å². The standard InChI is InChI=1S/C45H58N5O8P/c1-9-10-17-39-42(58-59(56-29-14-27-46)50(31(2)3)32(4)5)40(57-43(39)49-28-26-41(47-33(6)51)48-44(49)52)30-55-45(34-15-12-11-13-16-34,35-18-22-37(53-7)23-19-35)36-20-24-38(54-8)25-21-36/h11-13,15-16,18-26,28,31-32,39-40,42-43H,9-10,14,17,29-30H2,1-8H3,(H,47,48,51,52)/t39-,40-,42+,43-,59?/m1/s1. The molecule has 2 heterocycles. The fraction of sp³-hybridized carbons (Fsp3) is 0.467. The summed E-state index contributed by atoms with van der Waals surface area (Å²) >= 11 is 0. The number of amides is 1. The Labute approximate surface area is 349 Å². The number of unbranched alkanes of at least 4 members (excludes halogenated alkanes) is 1. The first-order valence-electron chi connectivity index (χ1n) is 20.2. The number of benzene rings is 3. The molecule has 316 valence electrons. The fourth-order valence-electron chi connectivity index (χ4n) is 7.63. The average molecular weight is 828 g/mol. The molecule has 5 atom stereocenters. The number of ether oxygens (including phenoxy) is 4. The third kappa shape index (κ3) is 10.9. The molecule has 4 aromatic rings. The molecule has 5 rings (SSSR count). The topological polar surface area (TPSA) is 146 Å². The molecule has 1 N–H and O–H groups in total. The van der Waals surface area contributed by atoms with Crippen LogP contribution in [0.2, 0.25) is 0 Å². The Morgan fingerprint density at radius 2 is 1.54 bits per heavy atom. The zero-order valence-electron chi connectivity index (χ0n) is 35.4. The Hall–Kier alpha value is -4.67. The van der Waals surface area contributed by atoms with Crippen molar-refractivity contribution >= 4 is 20.3 Å². The molecule has 1 aliphatic heterocycles. The molecule has 0 spiro atoms. The number of nitriles is 1. The van der Waals surface area contributed by atoms with Gasteiger partial charge >= 0.3 is 5.69 Å². The minimum absolute atomic E-state index is 0.0353. The number of nitrogens with one attached hydrogen (secondary N) is 1. The molecule has 3 aromatic carbocycles. The zero-order chi connectivity index (χ0) is 42.5. The molecule has 14 heteroatoms. The van der Waals surface area contributed by atoms with Crippen LogP contribution < -0.4 is 20.5 Å². The van der Waals surface area contributed by atoms with Gasteiger partial charge < -0.3 is 33.3 Å². The van der Waals surface area contributed by atoms with E-state index in [4.69, 9.17) is 28.0 Å². The lowest BCUT2D eigenvalue weighted by Gasteiger charge is -2.39. The van der Waals surface area contributed by atoms with E-state index in [1.807, 2.05) is 78.9 Å². The lowest BCUT2D eigenvalue weighted by molar-refractivity contribution is -0.114. The molecule has 0 bridgehead atoms. The number of hydrogen-bond donors (Lipinski definition) is 1. The summed E-state index contributed by atoms with van der Waals surface area (Å²) < 4.78 is 42.8. The third-order valence-electron chi connectivity index (χ3n) is 10.3. The van der Waals surface area contributed by atoms with Gasteiger partial charge in [-0.2, -0.15) is 10.2 Å². The molecule has 0 radical (unpaired) electrons. The Kier molecular flexibility index (Phi) is 16.6. The van der Waals surface area contributed by atoms with Gasteiger partial charge in [-0.3, -0.25) is 9.36 Å². The van der Waals surface area contributed by atoms with E-state index >= 15 is 0 Å². The van der Waals surface area contributed by atoms with Crippen molar-refractivity contribution in [3.05, 3.63) is 118 Å². The van der Waals surface area contributed by atoms with Crippen molar-refractivity contribution in [2.24, 2.45) is 5.92 Å². The van der Waals surface area contributed by atoms with Gasteiger partial charge in [0.25, 0.3) is 8.53 Å².